The maximum Gasteiger partial charge on any atom is 0.312 e. The number of ether oxygens (including phenoxy) is 5. The lowest BCUT2D eigenvalue weighted by molar-refractivity contribution is -0.347. The number of fused-ring (bicyclic) bond motifs is 7. The van der Waals surface area contributed by atoms with Crippen LogP contribution in [-0.4, -0.2) is 141 Å². The maximum absolute atomic E-state index is 13.6. The van der Waals surface area contributed by atoms with Gasteiger partial charge in [-0.2, -0.15) is 0 Å². The van der Waals surface area contributed by atoms with E-state index < -0.39 is 91.6 Å². The van der Waals surface area contributed by atoms with Crippen molar-refractivity contribution in [2.75, 3.05) is 26.9 Å². The van der Waals surface area contributed by atoms with E-state index in [1.165, 1.54) is 12.7 Å². The van der Waals surface area contributed by atoms with E-state index in [4.69, 9.17) is 23.7 Å². The summed E-state index contributed by atoms with van der Waals surface area (Å²) in [4.78, 5) is 13.6. The highest BCUT2D eigenvalue weighted by atomic mass is 16.7. The minimum absolute atomic E-state index is 0.0483. The molecule has 0 aromatic carbocycles. The van der Waals surface area contributed by atoms with Gasteiger partial charge in [0.2, 0.25) is 0 Å². The molecule has 2 aliphatic heterocycles. The minimum Gasteiger partial charge on any atom is -0.469 e. The van der Waals surface area contributed by atoms with Crippen molar-refractivity contribution in [3.05, 3.63) is 11.6 Å². The van der Waals surface area contributed by atoms with E-state index in [9.17, 15) is 45.6 Å². The number of rotatable bonds is 8. The molecule has 0 radical (unpaired) electrons. The van der Waals surface area contributed by atoms with Crippen molar-refractivity contribution < 1.29 is 69.3 Å². The normalized spacial score (nSPS) is 53.4. The number of carbonyl (C=O) groups is 1. The third-order valence-electron chi connectivity index (χ3n) is 17.6. The Morgan fingerprint density at radius 1 is 0.754 bits per heavy atom. The van der Waals surface area contributed by atoms with Gasteiger partial charge in [0.05, 0.1) is 38.4 Å². The fourth-order valence-corrected chi connectivity index (χ4v) is 13.8. The molecule has 14 nitrogen and oxygen atoms in total. The third-order valence-corrected chi connectivity index (χ3v) is 17.6. The van der Waals surface area contributed by atoms with Gasteiger partial charge in [0.1, 0.15) is 48.8 Å². The second kappa shape index (κ2) is 15.3. The van der Waals surface area contributed by atoms with E-state index in [1.807, 2.05) is 6.92 Å². The summed E-state index contributed by atoms with van der Waals surface area (Å²) in [5.41, 5.74) is 0.0345. The van der Waals surface area contributed by atoms with Gasteiger partial charge in [-0.1, -0.05) is 53.2 Å². The predicted molar refractivity (Wildman–Crippen MR) is 204 cm³/mol. The largest absolute Gasteiger partial charge is 0.469 e. The van der Waals surface area contributed by atoms with Crippen molar-refractivity contribution in [3.8, 4) is 0 Å². The number of methoxy groups -OCH3 is 1. The molecule has 14 heteroatoms. The maximum atomic E-state index is 13.6. The summed E-state index contributed by atoms with van der Waals surface area (Å²) in [6.07, 6.45) is -4.62. The lowest BCUT2D eigenvalue weighted by atomic mass is 9.33. The van der Waals surface area contributed by atoms with Gasteiger partial charge in [-0.25, -0.2) is 0 Å². The fraction of sp³-hybridized carbons (Fsp3) is 0.930. The van der Waals surface area contributed by atoms with Crippen molar-refractivity contribution in [1.29, 1.82) is 0 Å². The topological polar surface area (TPSA) is 225 Å². The Balaban J connectivity index is 1.10. The monoisotopic (exact) mass is 810 g/mol. The van der Waals surface area contributed by atoms with Gasteiger partial charge < -0.3 is 64.5 Å². The molecular formula is C43H70O14. The van der Waals surface area contributed by atoms with Crippen LogP contribution in [0.2, 0.25) is 0 Å². The van der Waals surface area contributed by atoms with E-state index in [2.05, 4.69) is 40.7 Å². The first kappa shape index (κ1) is 43.8. The number of hydrogen-bond donors (Lipinski definition) is 8. The van der Waals surface area contributed by atoms with Crippen LogP contribution in [-0.2, 0) is 28.5 Å². The molecule has 0 aromatic rings. The van der Waals surface area contributed by atoms with E-state index in [-0.39, 0.29) is 46.1 Å². The second-order valence-electron chi connectivity index (χ2n) is 20.7. The van der Waals surface area contributed by atoms with Crippen molar-refractivity contribution in [2.24, 2.45) is 50.2 Å². The molecule has 6 fully saturated rings. The predicted octanol–water partition coefficient (Wildman–Crippen LogP) is 1.94. The summed E-state index contributed by atoms with van der Waals surface area (Å²) in [7, 11) is 1.53. The van der Waals surface area contributed by atoms with Crippen LogP contribution in [0.15, 0.2) is 11.6 Å². The Morgan fingerprint density at radius 2 is 1.39 bits per heavy atom. The Morgan fingerprint density at radius 3 is 2.04 bits per heavy atom. The molecule has 19 atom stereocenters. The highest BCUT2D eigenvalue weighted by molar-refractivity contribution is 5.78. The van der Waals surface area contributed by atoms with Crippen LogP contribution in [0.1, 0.15) is 106 Å². The zero-order valence-electron chi connectivity index (χ0n) is 34.9. The minimum atomic E-state index is -1.68. The quantitative estimate of drug-likeness (QED) is 0.0998. The molecule has 7 aliphatic rings. The third kappa shape index (κ3) is 6.61. The highest BCUT2D eigenvalue weighted by Crippen LogP contribution is 2.76. The summed E-state index contributed by atoms with van der Waals surface area (Å²) in [6, 6.07) is 0. The van der Waals surface area contributed by atoms with Crippen molar-refractivity contribution >= 4 is 5.97 Å². The van der Waals surface area contributed by atoms with Crippen LogP contribution in [0.25, 0.3) is 0 Å². The van der Waals surface area contributed by atoms with Gasteiger partial charge in [-0.3, -0.25) is 4.79 Å². The van der Waals surface area contributed by atoms with Crippen LogP contribution in [0.5, 0.6) is 0 Å². The summed E-state index contributed by atoms with van der Waals surface area (Å²) >= 11 is 0. The fourth-order valence-electron chi connectivity index (χ4n) is 13.8. The number of aliphatic hydroxyl groups excluding tert-OH is 8. The number of esters is 1. The molecule has 0 amide bonds. The van der Waals surface area contributed by atoms with Gasteiger partial charge in [-0.05, 0) is 104 Å². The average Bonchev–Trinajstić information content (AvgIpc) is 3.18. The first-order chi connectivity index (χ1) is 26.7. The smallest absolute Gasteiger partial charge is 0.312 e. The summed E-state index contributed by atoms with van der Waals surface area (Å²) in [5.74, 6) is 0.444. The second-order valence-corrected chi connectivity index (χ2v) is 20.7. The molecule has 0 bridgehead atoms. The molecular weight excluding hydrogens is 740 g/mol. The summed E-state index contributed by atoms with van der Waals surface area (Å²) in [6.45, 7) is 12.8. The van der Waals surface area contributed by atoms with Crippen LogP contribution in [0.4, 0.5) is 0 Å². The highest BCUT2D eigenvalue weighted by Gasteiger charge is 2.70. The number of hydrogen-bond acceptors (Lipinski definition) is 14. The van der Waals surface area contributed by atoms with Gasteiger partial charge in [0.15, 0.2) is 12.6 Å². The number of allylic oxidation sites excluding steroid dienone is 2. The molecule has 326 valence electrons. The van der Waals surface area contributed by atoms with Crippen molar-refractivity contribution in [2.45, 2.75) is 173 Å². The first-order valence-electron chi connectivity index (χ1n) is 21.3. The van der Waals surface area contributed by atoms with E-state index in [0.717, 1.165) is 57.8 Å². The van der Waals surface area contributed by atoms with E-state index in [1.54, 1.807) is 0 Å². The zero-order chi connectivity index (χ0) is 41.7. The van der Waals surface area contributed by atoms with Gasteiger partial charge in [-0.15, -0.1) is 0 Å². The Hall–Kier alpha value is -1.27. The summed E-state index contributed by atoms with van der Waals surface area (Å²) in [5, 5.41) is 84.5. The first-order valence-corrected chi connectivity index (χ1v) is 21.3. The molecule has 7 rings (SSSR count). The van der Waals surface area contributed by atoms with Crippen molar-refractivity contribution in [3.63, 3.8) is 0 Å². The van der Waals surface area contributed by atoms with Gasteiger partial charge in [0, 0.05) is 5.41 Å². The molecule has 5 aliphatic carbocycles. The number of aliphatic hydroxyl groups is 8. The molecule has 2 heterocycles. The van der Waals surface area contributed by atoms with Crippen LogP contribution < -0.4 is 0 Å². The number of carbonyl (C=O) groups excluding carboxylic acids is 1. The SMILES string of the molecule is COC(=O)[C@]12CCC(C)(C)C[C@H]1C1=CC[C@@H]3[C@@]4(C)CC[C@H](O[C@@H]5O[C@H](CO[C@@H]6O[C@H](CO)[C@@H](O)[C@H](O)[C@H]6O)[C@@H](O)[C@H](O)[C@H]5O)[C@@](C)(CO)C4CC[C@@]3(C)[C@]1(C)CC2. The molecule has 2 saturated heterocycles. The Kier molecular flexibility index (Phi) is 11.7. The lowest BCUT2D eigenvalue weighted by Crippen LogP contribution is -2.67. The molecule has 57 heavy (non-hydrogen) atoms. The van der Waals surface area contributed by atoms with Crippen LogP contribution in [0.3, 0.4) is 0 Å². The Bertz CT molecular complexity index is 1520. The molecule has 8 N–H and O–H groups in total. The van der Waals surface area contributed by atoms with Crippen molar-refractivity contribution in [1.82, 2.24) is 0 Å². The summed E-state index contributed by atoms with van der Waals surface area (Å²) < 4.78 is 29.2. The molecule has 0 spiro atoms. The molecule has 1 unspecified atom stereocenters. The zero-order valence-corrected chi connectivity index (χ0v) is 34.9. The molecule has 4 saturated carbocycles. The van der Waals surface area contributed by atoms with E-state index >= 15 is 0 Å². The van der Waals surface area contributed by atoms with Crippen LogP contribution in [0, 0.1) is 50.2 Å². The molecule has 0 aromatic heterocycles. The lowest BCUT2D eigenvalue weighted by Gasteiger charge is -2.71. The van der Waals surface area contributed by atoms with Gasteiger partial charge >= 0.3 is 5.97 Å². The standard InChI is InChI=1S/C43H70O14/c1-38(2)14-16-43(37(52)53-7)17-15-41(5)22(23(43)18-38)8-9-27-39(3)12-11-28(40(4,21-45)26(39)10-13-42(27,41)6)57-36-34(51)32(49)30(47)25(56-36)20-54-35-33(50)31(48)29(46)24(19-44)55-35/h8,23-36,44-51H,9-21H2,1-7H3/t23-,24+,25+,26?,27+,28-,29+,30+,31-,32-,33+,34+,35+,36-,39-,40-,41+,42+,43-/m0/s1. The Labute approximate surface area is 336 Å². The average molecular weight is 811 g/mol. The van der Waals surface area contributed by atoms with Crippen LogP contribution >= 0.6 is 0 Å². The van der Waals surface area contributed by atoms with E-state index in [0.29, 0.717) is 12.3 Å². The van der Waals surface area contributed by atoms with Gasteiger partial charge in [0.25, 0.3) is 0 Å².